The molecule has 1 saturated heterocycles. The zero-order valence-corrected chi connectivity index (χ0v) is 12.1. The molecule has 1 aliphatic heterocycles. The van der Waals surface area contributed by atoms with E-state index in [1.165, 1.54) is 5.51 Å². The SMILES string of the molecule is COC(=O)c1ncsc1S(=O)(=O)N1CCC[C@H]1C(=O)O. The number of ether oxygens (including phenoxy) is 1. The Bertz CT molecular complexity index is 638. The van der Waals surface area contributed by atoms with Crippen LogP contribution in [0, 0.1) is 0 Å². The van der Waals surface area contributed by atoms with E-state index >= 15 is 0 Å². The lowest BCUT2D eigenvalue weighted by Crippen LogP contribution is -2.40. The molecular weight excluding hydrogens is 308 g/mol. The van der Waals surface area contributed by atoms with E-state index in [1.807, 2.05) is 0 Å². The first-order chi connectivity index (χ1) is 9.39. The maximum absolute atomic E-state index is 12.5. The first-order valence-electron chi connectivity index (χ1n) is 5.66. The highest BCUT2D eigenvalue weighted by Crippen LogP contribution is 2.30. The van der Waals surface area contributed by atoms with Gasteiger partial charge in [0.05, 0.1) is 12.6 Å². The van der Waals surface area contributed by atoms with E-state index in [1.54, 1.807) is 0 Å². The van der Waals surface area contributed by atoms with Crippen LogP contribution in [0.4, 0.5) is 0 Å². The van der Waals surface area contributed by atoms with Crippen LogP contribution in [0.2, 0.25) is 0 Å². The van der Waals surface area contributed by atoms with Crippen LogP contribution in [0.15, 0.2) is 9.72 Å². The van der Waals surface area contributed by atoms with Crippen molar-refractivity contribution in [3.8, 4) is 0 Å². The highest BCUT2D eigenvalue weighted by Gasteiger charge is 2.42. The molecule has 2 rings (SSSR count). The number of rotatable bonds is 4. The molecule has 20 heavy (non-hydrogen) atoms. The smallest absolute Gasteiger partial charge is 0.358 e. The molecule has 0 unspecified atom stereocenters. The van der Waals surface area contributed by atoms with E-state index < -0.39 is 28.0 Å². The van der Waals surface area contributed by atoms with Gasteiger partial charge in [-0.1, -0.05) is 0 Å². The predicted molar refractivity (Wildman–Crippen MR) is 68.0 cm³/mol. The second-order valence-corrected chi connectivity index (χ2v) is 7.03. The zero-order valence-electron chi connectivity index (χ0n) is 10.5. The van der Waals surface area contributed by atoms with Gasteiger partial charge in [-0.05, 0) is 12.8 Å². The monoisotopic (exact) mass is 320 g/mol. The Morgan fingerprint density at radius 1 is 1.55 bits per heavy atom. The molecule has 0 saturated carbocycles. The second-order valence-electron chi connectivity index (χ2n) is 4.09. The number of nitrogens with zero attached hydrogens (tertiary/aromatic N) is 2. The van der Waals surface area contributed by atoms with Gasteiger partial charge in [-0.25, -0.2) is 18.2 Å². The Morgan fingerprint density at radius 3 is 2.85 bits per heavy atom. The van der Waals surface area contributed by atoms with Crippen LogP contribution in [-0.2, 0) is 19.6 Å². The van der Waals surface area contributed by atoms with Crippen molar-refractivity contribution in [3.05, 3.63) is 11.2 Å². The van der Waals surface area contributed by atoms with Crippen molar-refractivity contribution in [2.75, 3.05) is 13.7 Å². The number of sulfonamides is 1. The minimum atomic E-state index is -4.07. The molecule has 0 amide bonds. The van der Waals surface area contributed by atoms with Gasteiger partial charge in [0, 0.05) is 6.54 Å². The number of hydrogen-bond acceptors (Lipinski definition) is 7. The molecule has 0 spiro atoms. The summed E-state index contributed by atoms with van der Waals surface area (Å²) in [6, 6.07) is -1.10. The Labute approximate surface area is 119 Å². The molecule has 1 fully saturated rings. The summed E-state index contributed by atoms with van der Waals surface area (Å²) in [7, 11) is -2.95. The van der Waals surface area contributed by atoms with Crippen molar-refractivity contribution < 1.29 is 27.9 Å². The first kappa shape index (κ1) is 14.9. The maximum atomic E-state index is 12.5. The van der Waals surface area contributed by atoms with Crippen molar-refractivity contribution in [2.45, 2.75) is 23.1 Å². The summed E-state index contributed by atoms with van der Waals surface area (Å²) in [5, 5.41) is 9.06. The van der Waals surface area contributed by atoms with Crippen LogP contribution in [-0.4, -0.2) is 54.4 Å². The third-order valence-electron chi connectivity index (χ3n) is 2.95. The van der Waals surface area contributed by atoms with Gasteiger partial charge < -0.3 is 9.84 Å². The van der Waals surface area contributed by atoms with Crippen LogP contribution in [0.1, 0.15) is 23.3 Å². The molecule has 0 aromatic carbocycles. The summed E-state index contributed by atoms with van der Waals surface area (Å²) in [5.74, 6) is -2.06. The average molecular weight is 320 g/mol. The molecule has 1 aromatic heterocycles. The molecule has 10 heteroatoms. The molecule has 1 aliphatic rings. The van der Waals surface area contributed by atoms with Gasteiger partial charge in [-0.15, -0.1) is 11.3 Å². The molecule has 1 aromatic rings. The van der Waals surface area contributed by atoms with E-state index in [-0.39, 0.29) is 22.9 Å². The fourth-order valence-corrected chi connectivity index (χ4v) is 4.93. The number of aromatic nitrogens is 1. The van der Waals surface area contributed by atoms with Crippen molar-refractivity contribution in [1.82, 2.24) is 9.29 Å². The molecule has 1 N–H and O–H groups in total. The summed E-state index contributed by atoms with van der Waals surface area (Å²) >= 11 is 0.766. The number of thiazole rings is 1. The highest BCUT2D eigenvalue weighted by molar-refractivity contribution is 7.91. The molecule has 8 nitrogen and oxygen atoms in total. The van der Waals surface area contributed by atoms with Crippen molar-refractivity contribution in [2.24, 2.45) is 0 Å². The predicted octanol–water partition coefficient (Wildman–Crippen LogP) is 0.167. The van der Waals surface area contributed by atoms with E-state index in [2.05, 4.69) is 9.72 Å². The van der Waals surface area contributed by atoms with E-state index in [0.29, 0.717) is 6.42 Å². The number of carboxylic acids is 1. The van der Waals surface area contributed by atoms with Gasteiger partial charge in [-0.2, -0.15) is 4.31 Å². The van der Waals surface area contributed by atoms with Crippen LogP contribution in [0.5, 0.6) is 0 Å². The summed E-state index contributed by atoms with van der Waals surface area (Å²) in [5.41, 5.74) is 0.902. The lowest BCUT2D eigenvalue weighted by molar-refractivity contribution is -0.140. The number of carboxylic acid groups (broad SMARTS) is 1. The number of hydrogen-bond donors (Lipinski definition) is 1. The molecule has 110 valence electrons. The summed E-state index contributed by atoms with van der Waals surface area (Å²) in [4.78, 5) is 26.3. The first-order valence-corrected chi connectivity index (χ1v) is 7.98. The molecule has 0 aliphatic carbocycles. The van der Waals surface area contributed by atoms with Gasteiger partial charge in [0.2, 0.25) is 0 Å². The molecule has 1 atom stereocenters. The fraction of sp³-hybridized carbons (Fsp3) is 0.500. The minimum Gasteiger partial charge on any atom is -0.480 e. The summed E-state index contributed by atoms with van der Waals surface area (Å²) < 4.78 is 30.0. The lowest BCUT2D eigenvalue weighted by Gasteiger charge is -2.20. The van der Waals surface area contributed by atoms with Crippen molar-refractivity contribution >= 4 is 33.3 Å². The normalized spacial score (nSPS) is 19.9. The van der Waals surface area contributed by atoms with Gasteiger partial charge >= 0.3 is 11.9 Å². The van der Waals surface area contributed by atoms with Gasteiger partial charge in [0.15, 0.2) is 9.90 Å². The molecule has 0 bridgehead atoms. The summed E-state index contributed by atoms with van der Waals surface area (Å²) in [6.07, 6.45) is 0.712. The summed E-state index contributed by atoms with van der Waals surface area (Å²) in [6.45, 7) is 0.109. The van der Waals surface area contributed by atoms with Crippen molar-refractivity contribution in [1.29, 1.82) is 0 Å². The van der Waals surface area contributed by atoms with E-state index in [0.717, 1.165) is 22.8 Å². The van der Waals surface area contributed by atoms with Crippen LogP contribution >= 0.6 is 11.3 Å². The van der Waals surface area contributed by atoms with Crippen LogP contribution in [0.25, 0.3) is 0 Å². The number of carbonyl (C=O) groups is 2. The number of esters is 1. The molecule has 2 heterocycles. The number of methoxy groups -OCH3 is 1. The van der Waals surface area contributed by atoms with Crippen LogP contribution in [0.3, 0.4) is 0 Å². The Morgan fingerprint density at radius 2 is 2.25 bits per heavy atom. The maximum Gasteiger partial charge on any atom is 0.358 e. The van der Waals surface area contributed by atoms with Crippen LogP contribution < -0.4 is 0 Å². The largest absolute Gasteiger partial charge is 0.480 e. The Kier molecular flexibility index (Phi) is 4.06. The fourth-order valence-electron chi connectivity index (χ4n) is 2.03. The third-order valence-corrected chi connectivity index (χ3v) is 6.20. The average Bonchev–Trinajstić information content (AvgIpc) is 3.06. The minimum absolute atomic E-state index is 0.109. The number of aliphatic carboxylic acids is 1. The highest BCUT2D eigenvalue weighted by atomic mass is 32.2. The van der Waals surface area contributed by atoms with Gasteiger partial charge in [0.1, 0.15) is 6.04 Å². The topological polar surface area (TPSA) is 114 Å². The number of carbonyl (C=O) groups excluding carboxylic acids is 1. The molecule has 0 radical (unpaired) electrons. The van der Waals surface area contributed by atoms with Gasteiger partial charge in [-0.3, -0.25) is 4.79 Å². The van der Waals surface area contributed by atoms with Gasteiger partial charge in [0.25, 0.3) is 10.0 Å². The standard InChI is InChI=1S/C10H12N2O6S2/c1-18-9(15)7-10(19-5-11-7)20(16,17)12-4-2-3-6(12)8(13)14/h5-6H,2-4H2,1H3,(H,13,14)/t6-/m0/s1. The zero-order chi connectivity index (χ0) is 14.9. The van der Waals surface area contributed by atoms with Crippen molar-refractivity contribution in [3.63, 3.8) is 0 Å². The van der Waals surface area contributed by atoms with E-state index in [9.17, 15) is 18.0 Å². The Balaban J connectivity index is 2.43. The third kappa shape index (κ3) is 2.41. The van der Waals surface area contributed by atoms with E-state index in [4.69, 9.17) is 5.11 Å². The lowest BCUT2D eigenvalue weighted by atomic mass is 10.2. The second kappa shape index (κ2) is 5.46. The quantitative estimate of drug-likeness (QED) is 0.786. The Hall–Kier alpha value is -1.52. The molecular formula is C10H12N2O6S2.